The summed E-state index contributed by atoms with van der Waals surface area (Å²) >= 11 is 0. The highest BCUT2D eigenvalue weighted by molar-refractivity contribution is 7.90. The third-order valence-corrected chi connectivity index (χ3v) is 4.98. The van der Waals surface area contributed by atoms with E-state index in [1.54, 1.807) is 13.8 Å². The molecule has 0 saturated heterocycles. The van der Waals surface area contributed by atoms with Gasteiger partial charge in [-0.05, 0) is 46.5 Å². The van der Waals surface area contributed by atoms with Crippen LogP contribution < -0.4 is 10.5 Å². The van der Waals surface area contributed by atoms with Gasteiger partial charge in [0.15, 0.2) is 0 Å². The van der Waals surface area contributed by atoms with Crippen molar-refractivity contribution < 1.29 is 8.42 Å². The van der Waals surface area contributed by atoms with Crippen molar-refractivity contribution in [2.75, 3.05) is 0 Å². The lowest BCUT2D eigenvalue weighted by Crippen LogP contribution is -2.47. The Morgan fingerprint density at radius 1 is 1.33 bits per heavy atom. The van der Waals surface area contributed by atoms with Gasteiger partial charge in [0.1, 0.15) is 0 Å². The van der Waals surface area contributed by atoms with Crippen molar-refractivity contribution in [2.45, 2.75) is 63.3 Å². The molecule has 0 spiro atoms. The molecule has 0 atom stereocenters. The zero-order valence-corrected chi connectivity index (χ0v) is 10.6. The first-order valence-electron chi connectivity index (χ1n) is 5.53. The highest BCUT2D eigenvalue weighted by atomic mass is 32.2. The Labute approximate surface area is 92.7 Å². The summed E-state index contributed by atoms with van der Waals surface area (Å²) in [6.07, 6.45) is 3.47. The molecule has 4 nitrogen and oxygen atoms in total. The molecule has 0 aromatic rings. The quantitative estimate of drug-likeness (QED) is 0.764. The van der Waals surface area contributed by atoms with E-state index in [2.05, 4.69) is 4.72 Å². The molecule has 1 aliphatic rings. The minimum atomic E-state index is -3.13. The second-order valence-electron chi connectivity index (χ2n) is 5.14. The molecule has 0 heterocycles. The number of nitrogens with two attached hydrogens (primary N) is 1. The maximum Gasteiger partial charge on any atom is 0.214 e. The molecule has 5 heteroatoms. The first-order valence-corrected chi connectivity index (χ1v) is 7.08. The molecule has 1 rings (SSSR count). The number of hydrogen-bond acceptors (Lipinski definition) is 3. The van der Waals surface area contributed by atoms with E-state index in [1.807, 2.05) is 6.92 Å². The third-order valence-electron chi connectivity index (χ3n) is 3.08. The summed E-state index contributed by atoms with van der Waals surface area (Å²) < 4.78 is 26.0. The van der Waals surface area contributed by atoms with Crippen molar-refractivity contribution in [3.05, 3.63) is 0 Å². The molecule has 1 fully saturated rings. The van der Waals surface area contributed by atoms with Gasteiger partial charge >= 0.3 is 0 Å². The van der Waals surface area contributed by atoms with Gasteiger partial charge in [0.25, 0.3) is 0 Å². The molecule has 1 saturated carbocycles. The maximum absolute atomic E-state index is 11.6. The first-order chi connectivity index (χ1) is 6.73. The monoisotopic (exact) mass is 234 g/mol. The molecule has 3 N–H and O–H groups in total. The van der Waals surface area contributed by atoms with Gasteiger partial charge < -0.3 is 5.73 Å². The van der Waals surface area contributed by atoms with Gasteiger partial charge in [-0.25, -0.2) is 13.1 Å². The van der Waals surface area contributed by atoms with Crippen molar-refractivity contribution in [1.82, 2.24) is 4.72 Å². The topological polar surface area (TPSA) is 72.2 Å². The highest BCUT2D eigenvalue weighted by Crippen LogP contribution is 2.26. The lowest BCUT2D eigenvalue weighted by molar-refractivity contribution is 0.284. The maximum atomic E-state index is 11.6. The van der Waals surface area contributed by atoms with Crippen LogP contribution in [-0.4, -0.2) is 25.2 Å². The lowest BCUT2D eigenvalue weighted by atomic mass is 9.82. The molecule has 15 heavy (non-hydrogen) atoms. The van der Waals surface area contributed by atoms with Crippen molar-refractivity contribution in [3.63, 3.8) is 0 Å². The Hall–Kier alpha value is -0.130. The number of hydrogen-bond donors (Lipinski definition) is 2. The van der Waals surface area contributed by atoms with E-state index in [9.17, 15) is 8.42 Å². The largest absolute Gasteiger partial charge is 0.325 e. The molecule has 0 unspecified atom stereocenters. The van der Waals surface area contributed by atoms with Gasteiger partial charge in [-0.15, -0.1) is 0 Å². The molecule has 0 radical (unpaired) electrons. The van der Waals surface area contributed by atoms with Crippen LogP contribution in [0.5, 0.6) is 0 Å². The molecule has 0 amide bonds. The van der Waals surface area contributed by atoms with E-state index in [-0.39, 0.29) is 16.8 Å². The van der Waals surface area contributed by atoms with Crippen LogP contribution in [0.25, 0.3) is 0 Å². The summed E-state index contributed by atoms with van der Waals surface area (Å²) in [4.78, 5) is 0. The van der Waals surface area contributed by atoms with Crippen LogP contribution in [0.2, 0.25) is 0 Å². The number of nitrogens with one attached hydrogen (secondary N) is 1. The Morgan fingerprint density at radius 3 is 2.20 bits per heavy atom. The van der Waals surface area contributed by atoms with Crippen LogP contribution in [0.15, 0.2) is 0 Å². The van der Waals surface area contributed by atoms with Gasteiger partial charge in [-0.2, -0.15) is 0 Å². The average Bonchev–Trinajstić information content (AvgIpc) is 2.08. The van der Waals surface area contributed by atoms with Gasteiger partial charge in [0.2, 0.25) is 10.0 Å². The fourth-order valence-corrected chi connectivity index (χ4v) is 2.74. The standard InChI is InChI=1S/C10H22N2O2S/c1-8(2)15(13,14)12-9-4-6-10(3,11)7-5-9/h8-9,12H,4-7,11H2,1-3H3. The van der Waals surface area contributed by atoms with Crippen LogP contribution in [0.3, 0.4) is 0 Å². The van der Waals surface area contributed by atoms with Crippen LogP contribution >= 0.6 is 0 Å². The van der Waals surface area contributed by atoms with Crippen molar-refractivity contribution in [2.24, 2.45) is 5.73 Å². The Balaban J connectivity index is 2.50. The summed E-state index contributed by atoms with van der Waals surface area (Å²) in [5, 5.41) is -0.358. The lowest BCUT2D eigenvalue weighted by Gasteiger charge is -2.34. The molecule has 0 aromatic carbocycles. The molecular weight excluding hydrogens is 212 g/mol. The SMILES string of the molecule is CC(C)S(=O)(=O)NC1CCC(C)(N)CC1. The minimum absolute atomic E-state index is 0.0778. The molecule has 1 aliphatic carbocycles. The summed E-state index contributed by atoms with van der Waals surface area (Å²) in [6.45, 7) is 5.41. The predicted molar refractivity (Wildman–Crippen MR) is 62.0 cm³/mol. The van der Waals surface area contributed by atoms with Crippen molar-refractivity contribution >= 4 is 10.0 Å². The minimum Gasteiger partial charge on any atom is -0.325 e. The first kappa shape index (κ1) is 12.9. The fourth-order valence-electron chi connectivity index (χ4n) is 1.76. The second-order valence-corrected chi connectivity index (χ2v) is 7.41. The van der Waals surface area contributed by atoms with E-state index in [1.165, 1.54) is 0 Å². The zero-order chi connectivity index (χ0) is 11.7. The molecule has 0 bridgehead atoms. The van der Waals surface area contributed by atoms with Crippen molar-refractivity contribution in [3.8, 4) is 0 Å². The van der Waals surface area contributed by atoms with Crippen LogP contribution in [0.1, 0.15) is 46.5 Å². The van der Waals surface area contributed by atoms with Crippen molar-refractivity contribution in [1.29, 1.82) is 0 Å². The summed E-state index contributed by atoms with van der Waals surface area (Å²) in [5.41, 5.74) is 5.87. The Morgan fingerprint density at radius 2 is 1.80 bits per heavy atom. The van der Waals surface area contributed by atoms with Crippen LogP contribution in [0.4, 0.5) is 0 Å². The highest BCUT2D eigenvalue weighted by Gasteiger charge is 2.30. The average molecular weight is 234 g/mol. The van der Waals surface area contributed by atoms with Gasteiger partial charge in [0.05, 0.1) is 5.25 Å². The zero-order valence-electron chi connectivity index (χ0n) is 9.79. The molecule has 0 aliphatic heterocycles. The summed E-state index contributed by atoms with van der Waals surface area (Å²) in [5.74, 6) is 0. The van der Waals surface area contributed by atoms with E-state index < -0.39 is 10.0 Å². The normalized spacial score (nSPS) is 33.3. The van der Waals surface area contributed by atoms with E-state index >= 15 is 0 Å². The Kier molecular flexibility index (Phi) is 3.79. The van der Waals surface area contributed by atoms with Crippen LogP contribution in [0, 0.1) is 0 Å². The van der Waals surface area contributed by atoms with Crippen LogP contribution in [-0.2, 0) is 10.0 Å². The summed E-state index contributed by atoms with van der Waals surface area (Å²) in [7, 11) is -3.13. The van der Waals surface area contributed by atoms with Gasteiger partial charge in [-0.3, -0.25) is 0 Å². The Bertz CT molecular complexity index is 299. The third kappa shape index (κ3) is 3.74. The van der Waals surface area contributed by atoms with E-state index in [0.717, 1.165) is 25.7 Å². The van der Waals surface area contributed by atoms with Gasteiger partial charge in [-0.1, -0.05) is 0 Å². The molecule has 0 aromatic heterocycles. The fraction of sp³-hybridized carbons (Fsp3) is 1.00. The second kappa shape index (κ2) is 4.39. The van der Waals surface area contributed by atoms with Gasteiger partial charge in [0, 0.05) is 11.6 Å². The smallest absolute Gasteiger partial charge is 0.214 e. The molecule has 90 valence electrons. The predicted octanol–water partition coefficient (Wildman–Crippen LogP) is 0.974. The van der Waals surface area contributed by atoms with E-state index in [0.29, 0.717) is 0 Å². The number of rotatable bonds is 3. The molecular formula is C10H22N2O2S. The van der Waals surface area contributed by atoms with E-state index in [4.69, 9.17) is 5.73 Å². The summed E-state index contributed by atoms with van der Waals surface area (Å²) in [6, 6.07) is 0.0778. The number of sulfonamides is 1.